The van der Waals surface area contributed by atoms with Crippen molar-refractivity contribution in [3.8, 4) is 5.75 Å². The molecule has 1 aromatic carbocycles. The summed E-state index contributed by atoms with van der Waals surface area (Å²) in [5.74, 6) is 0.981. The van der Waals surface area contributed by atoms with E-state index >= 15 is 0 Å². The van der Waals surface area contributed by atoms with E-state index in [9.17, 15) is 4.79 Å². The van der Waals surface area contributed by atoms with E-state index in [0.29, 0.717) is 12.3 Å². The van der Waals surface area contributed by atoms with E-state index in [-0.39, 0.29) is 5.91 Å². The third-order valence-corrected chi connectivity index (χ3v) is 4.07. The van der Waals surface area contributed by atoms with Crippen molar-refractivity contribution in [3.05, 3.63) is 24.3 Å². The van der Waals surface area contributed by atoms with E-state index in [1.54, 1.807) is 4.90 Å². The number of carbonyl (C=O) groups is 1. The number of ether oxygens (including phenoxy) is 1. The van der Waals surface area contributed by atoms with E-state index in [4.69, 9.17) is 10.5 Å². The third-order valence-electron chi connectivity index (χ3n) is 4.07. The van der Waals surface area contributed by atoms with Gasteiger partial charge < -0.3 is 15.4 Å². The zero-order chi connectivity index (χ0) is 15.5. The number of nitrogens with zero attached hydrogens (tertiary/aromatic N) is 2. The Kier molecular flexibility index (Phi) is 4.73. The highest BCUT2D eigenvalue weighted by Crippen LogP contribution is 2.22. The van der Waals surface area contributed by atoms with E-state index in [1.165, 1.54) is 0 Å². The summed E-state index contributed by atoms with van der Waals surface area (Å²) < 4.78 is 5.69. The van der Waals surface area contributed by atoms with E-state index in [1.807, 2.05) is 45.2 Å². The number of anilines is 1. The minimum Gasteiger partial charge on any atom is -0.493 e. The maximum atomic E-state index is 12.2. The molecule has 116 valence electrons. The van der Waals surface area contributed by atoms with Crippen molar-refractivity contribution in [2.24, 2.45) is 0 Å². The summed E-state index contributed by atoms with van der Waals surface area (Å²) in [5.41, 5.74) is 5.99. The number of likely N-dealkylation sites (N-methyl/N-ethyl adjacent to an activating group) is 1. The number of rotatable bonds is 5. The lowest BCUT2D eigenvalue weighted by molar-refractivity contribution is -0.147. The van der Waals surface area contributed by atoms with Gasteiger partial charge in [-0.15, -0.1) is 0 Å². The summed E-state index contributed by atoms with van der Waals surface area (Å²) >= 11 is 0. The second-order valence-electron chi connectivity index (χ2n) is 6.05. The molecule has 0 aromatic heterocycles. The molecule has 1 aliphatic heterocycles. The maximum Gasteiger partial charge on any atom is 0.242 e. The molecule has 1 fully saturated rings. The van der Waals surface area contributed by atoms with Crippen molar-refractivity contribution in [2.45, 2.75) is 25.8 Å². The normalized spacial score (nSPS) is 18.8. The molecule has 1 amide bonds. The lowest BCUT2D eigenvalue weighted by Gasteiger charge is -2.44. The van der Waals surface area contributed by atoms with Gasteiger partial charge >= 0.3 is 0 Å². The van der Waals surface area contributed by atoms with Crippen LogP contribution in [0.2, 0.25) is 0 Å². The topological polar surface area (TPSA) is 58.8 Å². The van der Waals surface area contributed by atoms with Crippen LogP contribution in [0.15, 0.2) is 24.3 Å². The van der Waals surface area contributed by atoms with Gasteiger partial charge in [-0.2, -0.15) is 0 Å². The van der Waals surface area contributed by atoms with Gasteiger partial charge in [0.2, 0.25) is 5.91 Å². The van der Waals surface area contributed by atoms with Crippen LogP contribution in [0.25, 0.3) is 0 Å². The third kappa shape index (κ3) is 3.67. The van der Waals surface area contributed by atoms with Crippen LogP contribution in [0, 0.1) is 0 Å². The number of nitrogen functional groups attached to an aromatic ring is 1. The molecule has 21 heavy (non-hydrogen) atoms. The number of piperazine rings is 1. The first kappa shape index (κ1) is 15.6. The highest BCUT2D eigenvalue weighted by atomic mass is 16.5. The van der Waals surface area contributed by atoms with Gasteiger partial charge in [0.15, 0.2) is 0 Å². The molecule has 0 aliphatic carbocycles. The van der Waals surface area contributed by atoms with Crippen molar-refractivity contribution in [3.63, 3.8) is 0 Å². The zero-order valence-electron chi connectivity index (χ0n) is 13.1. The highest BCUT2D eigenvalue weighted by molar-refractivity contribution is 5.86. The fourth-order valence-electron chi connectivity index (χ4n) is 2.70. The van der Waals surface area contributed by atoms with Crippen molar-refractivity contribution >= 4 is 11.6 Å². The Bertz CT molecular complexity index is 502. The van der Waals surface area contributed by atoms with Crippen LogP contribution in [0.1, 0.15) is 20.3 Å². The van der Waals surface area contributed by atoms with E-state index in [0.717, 1.165) is 31.8 Å². The van der Waals surface area contributed by atoms with Crippen LogP contribution in [-0.4, -0.2) is 54.5 Å². The lowest BCUT2D eigenvalue weighted by Crippen LogP contribution is -2.62. The van der Waals surface area contributed by atoms with Gasteiger partial charge in [-0.05, 0) is 32.4 Å². The maximum absolute atomic E-state index is 12.2. The Hall–Kier alpha value is -1.75. The summed E-state index contributed by atoms with van der Waals surface area (Å²) in [6, 6.07) is 7.45. The Morgan fingerprint density at radius 3 is 2.81 bits per heavy atom. The first-order chi connectivity index (χ1) is 9.91. The number of carbonyl (C=O) groups excluding carboxylic acids is 1. The minimum absolute atomic E-state index is 0.186. The molecule has 0 atom stereocenters. The Morgan fingerprint density at radius 2 is 2.10 bits per heavy atom. The first-order valence-electron chi connectivity index (χ1n) is 7.40. The standard InChI is InChI=1S/C16H25N3O2/c1-16(2)15(20)18(3)9-10-19(16)8-5-11-21-14-7-4-6-13(17)12-14/h4,6-7,12H,5,8-11,17H2,1-3H3. The van der Waals surface area contributed by atoms with Crippen LogP contribution >= 0.6 is 0 Å². The molecular formula is C16H25N3O2. The van der Waals surface area contributed by atoms with E-state index < -0.39 is 5.54 Å². The fourth-order valence-corrected chi connectivity index (χ4v) is 2.70. The van der Waals surface area contributed by atoms with Gasteiger partial charge in [0.25, 0.3) is 0 Å². The highest BCUT2D eigenvalue weighted by Gasteiger charge is 2.39. The molecule has 2 N–H and O–H groups in total. The van der Waals surface area contributed by atoms with Gasteiger partial charge in [-0.3, -0.25) is 9.69 Å². The Labute approximate surface area is 126 Å². The number of hydrogen-bond acceptors (Lipinski definition) is 4. The molecule has 0 saturated carbocycles. The summed E-state index contributed by atoms with van der Waals surface area (Å²) in [7, 11) is 1.87. The van der Waals surface area contributed by atoms with Crippen LogP contribution < -0.4 is 10.5 Å². The number of nitrogens with two attached hydrogens (primary N) is 1. The quantitative estimate of drug-likeness (QED) is 0.661. The van der Waals surface area contributed by atoms with Gasteiger partial charge in [0.05, 0.1) is 12.1 Å². The molecule has 1 saturated heterocycles. The molecule has 0 spiro atoms. The summed E-state index contributed by atoms with van der Waals surface area (Å²) in [6.07, 6.45) is 0.884. The SMILES string of the molecule is CN1CCN(CCCOc2cccc(N)c2)C(C)(C)C1=O. The van der Waals surface area contributed by atoms with Crippen LogP contribution in [0.4, 0.5) is 5.69 Å². The smallest absolute Gasteiger partial charge is 0.242 e. The second kappa shape index (κ2) is 6.35. The van der Waals surface area contributed by atoms with Crippen LogP contribution in [-0.2, 0) is 4.79 Å². The minimum atomic E-state index is -0.426. The van der Waals surface area contributed by atoms with Gasteiger partial charge in [0, 0.05) is 38.4 Å². The van der Waals surface area contributed by atoms with Gasteiger partial charge in [-0.25, -0.2) is 0 Å². The molecule has 0 bridgehead atoms. The van der Waals surface area contributed by atoms with Crippen molar-refractivity contribution < 1.29 is 9.53 Å². The number of hydrogen-bond donors (Lipinski definition) is 1. The largest absolute Gasteiger partial charge is 0.493 e. The summed E-state index contributed by atoms with van der Waals surface area (Å²) in [6.45, 7) is 7.16. The van der Waals surface area contributed by atoms with Crippen molar-refractivity contribution in [1.82, 2.24) is 9.80 Å². The predicted molar refractivity (Wildman–Crippen MR) is 84.3 cm³/mol. The average molecular weight is 291 g/mol. The predicted octanol–water partition coefficient (Wildman–Crippen LogP) is 1.59. The Morgan fingerprint density at radius 1 is 1.33 bits per heavy atom. The number of benzene rings is 1. The van der Waals surface area contributed by atoms with Crippen LogP contribution in [0.3, 0.4) is 0 Å². The second-order valence-corrected chi connectivity index (χ2v) is 6.05. The first-order valence-corrected chi connectivity index (χ1v) is 7.40. The van der Waals surface area contributed by atoms with Gasteiger partial charge in [0.1, 0.15) is 5.75 Å². The molecule has 1 aliphatic rings. The molecule has 0 radical (unpaired) electrons. The molecule has 1 heterocycles. The molecular weight excluding hydrogens is 266 g/mol. The van der Waals surface area contributed by atoms with E-state index in [2.05, 4.69) is 4.90 Å². The zero-order valence-corrected chi connectivity index (χ0v) is 13.1. The lowest BCUT2D eigenvalue weighted by atomic mass is 9.97. The number of amides is 1. The molecule has 1 aromatic rings. The fraction of sp³-hybridized carbons (Fsp3) is 0.562. The summed E-state index contributed by atoms with van der Waals surface area (Å²) in [4.78, 5) is 16.2. The monoisotopic (exact) mass is 291 g/mol. The van der Waals surface area contributed by atoms with Crippen LogP contribution in [0.5, 0.6) is 5.75 Å². The molecule has 5 nitrogen and oxygen atoms in total. The van der Waals surface area contributed by atoms with Gasteiger partial charge in [-0.1, -0.05) is 6.07 Å². The molecule has 5 heteroatoms. The van der Waals surface area contributed by atoms with Crippen molar-refractivity contribution in [2.75, 3.05) is 39.0 Å². The molecule has 0 unspecified atom stereocenters. The average Bonchev–Trinajstić information content (AvgIpc) is 2.43. The van der Waals surface area contributed by atoms with Crippen molar-refractivity contribution in [1.29, 1.82) is 0 Å². The summed E-state index contributed by atoms with van der Waals surface area (Å²) in [5, 5.41) is 0. The molecule has 2 rings (SSSR count). The Balaban J connectivity index is 1.79.